The number of carboxylic acids is 1. The van der Waals surface area contributed by atoms with E-state index in [0.29, 0.717) is 12.0 Å². The molecule has 0 fully saturated rings. The Hall–Kier alpha value is -2.93. The quantitative estimate of drug-likeness (QED) is 0.271. The molecular weight excluding hydrogens is 441 g/mol. The van der Waals surface area contributed by atoms with E-state index in [1.807, 2.05) is 37.3 Å². The van der Waals surface area contributed by atoms with E-state index < -0.39 is 31.5 Å². The Morgan fingerprint density at radius 3 is 2.42 bits per heavy atom. The average molecular weight is 471 g/mol. The number of amides is 1. The molecule has 2 aromatic carbocycles. The van der Waals surface area contributed by atoms with Crippen LogP contribution in [0.1, 0.15) is 31.4 Å². The summed E-state index contributed by atoms with van der Waals surface area (Å²) in [6.45, 7) is 3.65. The highest BCUT2D eigenvalue weighted by Crippen LogP contribution is 2.41. The summed E-state index contributed by atoms with van der Waals surface area (Å²) in [7, 11) is -3.91. The van der Waals surface area contributed by atoms with Gasteiger partial charge in [0.15, 0.2) is 0 Å². The predicted molar refractivity (Wildman–Crippen MR) is 128 cm³/mol. The van der Waals surface area contributed by atoms with Gasteiger partial charge in [-0.3, -0.25) is 9.36 Å². The normalized spacial score (nSPS) is 16.0. The van der Waals surface area contributed by atoms with Crippen molar-refractivity contribution in [1.82, 2.24) is 15.4 Å². The van der Waals surface area contributed by atoms with Crippen LogP contribution in [0.3, 0.4) is 0 Å². The minimum Gasteiger partial charge on any atom is -0.480 e. The van der Waals surface area contributed by atoms with Crippen molar-refractivity contribution in [2.75, 3.05) is 0 Å². The molecular formula is C24H30N3O5P. The van der Waals surface area contributed by atoms with Gasteiger partial charge in [-0.05, 0) is 23.1 Å². The summed E-state index contributed by atoms with van der Waals surface area (Å²) in [6, 6.07) is 14.2. The number of fused-ring (bicyclic) bond motifs is 1. The number of hydrogen-bond acceptors (Lipinski definition) is 3. The molecule has 1 amide bonds. The molecule has 0 bridgehead atoms. The van der Waals surface area contributed by atoms with Crippen molar-refractivity contribution in [3.63, 3.8) is 0 Å². The van der Waals surface area contributed by atoms with E-state index in [4.69, 9.17) is 0 Å². The van der Waals surface area contributed by atoms with Crippen molar-refractivity contribution in [2.24, 2.45) is 5.92 Å². The first-order valence-corrected chi connectivity index (χ1v) is 12.8. The van der Waals surface area contributed by atoms with E-state index in [1.54, 1.807) is 37.4 Å². The first-order chi connectivity index (χ1) is 15.7. The maximum absolute atomic E-state index is 13.1. The number of hydrogen-bond donors (Lipinski definition) is 5. The van der Waals surface area contributed by atoms with Crippen LogP contribution in [0, 0.1) is 5.92 Å². The van der Waals surface area contributed by atoms with Crippen LogP contribution in [0.4, 0.5) is 0 Å². The zero-order chi connectivity index (χ0) is 24.0. The number of nitrogens with one attached hydrogen (secondary N) is 3. The summed E-state index contributed by atoms with van der Waals surface area (Å²) in [5.74, 6) is -2.07. The predicted octanol–water partition coefficient (Wildman–Crippen LogP) is 3.67. The van der Waals surface area contributed by atoms with Gasteiger partial charge in [-0.2, -0.15) is 0 Å². The largest absolute Gasteiger partial charge is 0.480 e. The Morgan fingerprint density at radius 2 is 1.76 bits per heavy atom. The van der Waals surface area contributed by atoms with E-state index >= 15 is 0 Å². The molecule has 3 aromatic rings. The molecule has 0 aliphatic heterocycles. The second kappa shape index (κ2) is 10.8. The molecule has 0 radical (unpaired) electrons. The highest BCUT2D eigenvalue weighted by molar-refractivity contribution is 7.55. The number of para-hydroxylation sites is 1. The number of aliphatic carboxylic acids is 1. The number of benzene rings is 2. The number of aromatic nitrogens is 1. The molecule has 0 saturated carbocycles. The number of aromatic amines is 1. The standard InChI is InChI=1S/C24H30N3O5P/c1-3-16(2)22(27-33(31,32)15-17-9-5-4-6-10-17)23(28)26-21(24(29)30)13-18-14-25-20-12-8-7-11-19(18)20/h4-12,14,16,21-22,25H,3,13,15H2,1-2H3,(H,26,28)(H,29,30)(H2,27,31,32)/t16-,21-,22-/m0/s1. The molecule has 0 aliphatic carbocycles. The lowest BCUT2D eigenvalue weighted by Gasteiger charge is -2.27. The van der Waals surface area contributed by atoms with E-state index in [-0.39, 0.29) is 18.5 Å². The molecule has 0 aliphatic rings. The number of carbonyl (C=O) groups excluding carboxylic acids is 1. The van der Waals surface area contributed by atoms with E-state index in [1.165, 1.54) is 0 Å². The Bertz CT molecular complexity index is 1150. The van der Waals surface area contributed by atoms with E-state index in [2.05, 4.69) is 15.4 Å². The van der Waals surface area contributed by atoms with Crippen molar-refractivity contribution < 1.29 is 24.2 Å². The van der Waals surface area contributed by atoms with Crippen molar-refractivity contribution in [2.45, 2.75) is 44.9 Å². The minimum absolute atomic E-state index is 0.0825. The molecule has 0 spiro atoms. The van der Waals surface area contributed by atoms with Crippen LogP contribution in [-0.4, -0.2) is 38.9 Å². The number of rotatable bonds is 11. The molecule has 5 N–H and O–H groups in total. The molecule has 0 saturated heterocycles. The van der Waals surface area contributed by atoms with Crippen LogP contribution in [0.25, 0.3) is 10.9 Å². The first-order valence-electron chi connectivity index (χ1n) is 10.9. The van der Waals surface area contributed by atoms with Gasteiger partial charge in [0, 0.05) is 23.5 Å². The fourth-order valence-electron chi connectivity index (χ4n) is 3.76. The molecule has 33 heavy (non-hydrogen) atoms. The van der Waals surface area contributed by atoms with Gasteiger partial charge in [-0.25, -0.2) is 9.88 Å². The number of carboxylic acid groups (broad SMARTS) is 1. The van der Waals surface area contributed by atoms with Crippen LogP contribution in [-0.2, 0) is 26.7 Å². The summed E-state index contributed by atoms with van der Waals surface area (Å²) >= 11 is 0. The number of carbonyl (C=O) groups is 2. The Morgan fingerprint density at radius 1 is 1.09 bits per heavy atom. The molecule has 176 valence electrons. The summed E-state index contributed by atoms with van der Waals surface area (Å²) in [5, 5.41) is 15.8. The summed E-state index contributed by atoms with van der Waals surface area (Å²) < 4.78 is 12.9. The highest BCUT2D eigenvalue weighted by Gasteiger charge is 2.33. The second-order valence-corrected chi connectivity index (χ2v) is 10.3. The zero-order valence-electron chi connectivity index (χ0n) is 18.7. The van der Waals surface area contributed by atoms with Crippen molar-refractivity contribution >= 4 is 30.3 Å². The van der Waals surface area contributed by atoms with Crippen molar-refractivity contribution in [1.29, 1.82) is 0 Å². The van der Waals surface area contributed by atoms with Crippen LogP contribution in [0.5, 0.6) is 0 Å². The number of H-pyrrole nitrogens is 1. The van der Waals surface area contributed by atoms with Gasteiger partial charge in [0.1, 0.15) is 6.04 Å². The molecule has 8 nitrogen and oxygen atoms in total. The Balaban J connectivity index is 1.75. The summed E-state index contributed by atoms with van der Waals surface area (Å²) in [6.07, 6.45) is 2.25. The molecule has 9 heteroatoms. The van der Waals surface area contributed by atoms with Crippen molar-refractivity contribution in [3.8, 4) is 0 Å². The lowest BCUT2D eigenvalue weighted by atomic mass is 9.98. The van der Waals surface area contributed by atoms with Crippen LogP contribution in [0.15, 0.2) is 60.8 Å². The third kappa shape index (κ3) is 6.54. The lowest BCUT2D eigenvalue weighted by Crippen LogP contribution is -2.52. The van der Waals surface area contributed by atoms with Gasteiger partial charge in [-0.1, -0.05) is 68.8 Å². The molecule has 4 atom stereocenters. The van der Waals surface area contributed by atoms with Gasteiger partial charge in [-0.15, -0.1) is 0 Å². The maximum Gasteiger partial charge on any atom is 0.326 e. The fourth-order valence-corrected chi connectivity index (χ4v) is 5.36. The second-order valence-electron chi connectivity index (χ2n) is 8.30. The van der Waals surface area contributed by atoms with E-state index in [9.17, 15) is 24.2 Å². The molecule has 1 heterocycles. The van der Waals surface area contributed by atoms with E-state index in [0.717, 1.165) is 16.5 Å². The van der Waals surface area contributed by atoms with Gasteiger partial charge < -0.3 is 20.3 Å². The molecule has 1 aromatic heterocycles. The van der Waals surface area contributed by atoms with Gasteiger partial charge >= 0.3 is 5.97 Å². The van der Waals surface area contributed by atoms with Crippen LogP contribution in [0.2, 0.25) is 0 Å². The van der Waals surface area contributed by atoms with Gasteiger partial charge in [0.05, 0.1) is 12.2 Å². The monoisotopic (exact) mass is 471 g/mol. The van der Waals surface area contributed by atoms with Crippen LogP contribution >= 0.6 is 7.52 Å². The lowest BCUT2D eigenvalue weighted by molar-refractivity contribution is -0.142. The average Bonchev–Trinajstić information content (AvgIpc) is 3.19. The summed E-state index contributed by atoms with van der Waals surface area (Å²) in [5.41, 5.74) is 2.31. The van der Waals surface area contributed by atoms with Crippen LogP contribution < -0.4 is 10.4 Å². The Labute approximate surface area is 192 Å². The topological polar surface area (TPSA) is 132 Å². The highest BCUT2D eigenvalue weighted by atomic mass is 31.2. The first kappa shape index (κ1) is 24.7. The van der Waals surface area contributed by atoms with Crippen molar-refractivity contribution in [3.05, 3.63) is 71.9 Å². The fraction of sp³-hybridized carbons (Fsp3) is 0.333. The molecule has 3 rings (SSSR count). The maximum atomic E-state index is 13.1. The smallest absolute Gasteiger partial charge is 0.326 e. The SMILES string of the molecule is CC[C@H](C)[C@H](NP(=O)(O)Cc1ccccc1)C(=O)N[C@@H](Cc1c[nH]c2ccccc12)C(=O)O. The van der Waals surface area contributed by atoms with Gasteiger partial charge in [0.2, 0.25) is 5.91 Å². The summed E-state index contributed by atoms with van der Waals surface area (Å²) in [4.78, 5) is 38.7. The zero-order valence-corrected chi connectivity index (χ0v) is 19.6. The Kier molecular flexibility index (Phi) is 8.08. The van der Waals surface area contributed by atoms with Gasteiger partial charge in [0.25, 0.3) is 7.52 Å². The third-order valence-electron chi connectivity index (χ3n) is 5.79. The minimum atomic E-state index is -3.91. The molecule has 1 unspecified atom stereocenters. The third-order valence-corrected chi connectivity index (χ3v) is 7.26.